The summed E-state index contributed by atoms with van der Waals surface area (Å²) < 4.78 is 0. The SMILES string of the molecule is CC1=C(N(C)C)CCN(C)C1=O. The number of carbonyl (C=O) groups excluding carboxylic acids is 1. The standard InChI is InChI=1S/C9H16N2O/c1-7-8(10(2)3)5-6-11(4)9(7)12/h5-6H2,1-4H3. The van der Waals surface area contributed by atoms with Gasteiger partial charge >= 0.3 is 0 Å². The average Bonchev–Trinajstić information content (AvgIpc) is 2.00. The molecular formula is C9H16N2O. The Labute approximate surface area is 73.6 Å². The van der Waals surface area contributed by atoms with Crippen molar-refractivity contribution in [3.05, 3.63) is 11.3 Å². The maximum atomic E-state index is 11.5. The fraction of sp³-hybridized carbons (Fsp3) is 0.667. The van der Waals surface area contributed by atoms with E-state index in [4.69, 9.17) is 0 Å². The molecule has 12 heavy (non-hydrogen) atoms. The third kappa shape index (κ3) is 1.44. The number of amides is 1. The van der Waals surface area contributed by atoms with Gasteiger partial charge in [-0.2, -0.15) is 0 Å². The van der Waals surface area contributed by atoms with Crippen molar-refractivity contribution >= 4 is 5.91 Å². The number of carbonyl (C=O) groups is 1. The van der Waals surface area contributed by atoms with Crippen molar-refractivity contribution in [3.8, 4) is 0 Å². The van der Waals surface area contributed by atoms with Gasteiger partial charge in [0.2, 0.25) is 0 Å². The highest BCUT2D eigenvalue weighted by Crippen LogP contribution is 2.18. The van der Waals surface area contributed by atoms with Crippen molar-refractivity contribution in [1.29, 1.82) is 0 Å². The van der Waals surface area contributed by atoms with Gasteiger partial charge in [-0.25, -0.2) is 0 Å². The van der Waals surface area contributed by atoms with Gasteiger partial charge in [-0.3, -0.25) is 4.79 Å². The van der Waals surface area contributed by atoms with Gasteiger partial charge in [-0.05, 0) is 6.92 Å². The van der Waals surface area contributed by atoms with Gasteiger partial charge in [0, 0.05) is 45.4 Å². The summed E-state index contributed by atoms with van der Waals surface area (Å²) in [6.45, 7) is 2.73. The molecule has 0 fully saturated rings. The Kier molecular flexibility index (Phi) is 2.40. The molecule has 0 aromatic rings. The Bertz CT molecular complexity index is 231. The molecule has 0 radical (unpaired) electrons. The second-order valence-corrected chi connectivity index (χ2v) is 3.44. The first kappa shape index (κ1) is 9.10. The van der Waals surface area contributed by atoms with Crippen LogP contribution in [0.15, 0.2) is 11.3 Å². The Hall–Kier alpha value is -0.990. The largest absolute Gasteiger partial charge is 0.381 e. The van der Waals surface area contributed by atoms with Crippen molar-refractivity contribution in [2.24, 2.45) is 0 Å². The summed E-state index contributed by atoms with van der Waals surface area (Å²) in [7, 11) is 5.81. The van der Waals surface area contributed by atoms with Crippen LogP contribution in [0.5, 0.6) is 0 Å². The maximum absolute atomic E-state index is 11.5. The van der Waals surface area contributed by atoms with Gasteiger partial charge in [-0.15, -0.1) is 0 Å². The Balaban J connectivity index is 2.93. The first-order valence-corrected chi connectivity index (χ1v) is 4.16. The molecule has 0 spiro atoms. The molecule has 0 atom stereocenters. The van der Waals surface area contributed by atoms with Gasteiger partial charge in [0.05, 0.1) is 0 Å². The molecule has 1 aliphatic heterocycles. The minimum Gasteiger partial charge on any atom is -0.381 e. The van der Waals surface area contributed by atoms with Crippen LogP contribution in [-0.4, -0.2) is 43.4 Å². The summed E-state index contributed by atoms with van der Waals surface area (Å²) in [5, 5.41) is 0. The van der Waals surface area contributed by atoms with Crippen LogP contribution in [0.3, 0.4) is 0 Å². The monoisotopic (exact) mass is 168 g/mol. The van der Waals surface area contributed by atoms with E-state index in [-0.39, 0.29) is 5.91 Å². The van der Waals surface area contributed by atoms with E-state index in [1.807, 2.05) is 33.0 Å². The molecule has 0 bridgehead atoms. The zero-order valence-corrected chi connectivity index (χ0v) is 8.22. The first-order valence-electron chi connectivity index (χ1n) is 4.16. The van der Waals surface area contributed by atoms with E-state index < -0.39 is 0 Å². The lowest BCUT2D eigenvalue weighted by atomic mass is 10.1. The number of rotatable bonds is 1. The molecular weight excluding hydrogens is 152 g/mol. The van der Waals surface area contributed by atoms with E-state index in [1.54, 1.807) is 4.90 Å². The van der Waals surface area contributed by atoms with E-state index in [0.717, 1.165) is 24.2 Å². The average molecular weight is 168 g/mol. The lowest BCUT2D eigenvalue weighted by molar-refractivity contribution is -0.126. The van der Waals surface area contributed by atoms with E-state index in [1.165, 1.54) is 0 Å². The van der Waals surface area contributed by atoms with Crippen molar-refractivity contribution in [2.45, 2.75) is 13.3 Å². The van der Waals surface area contributed by atoms with Crippen LogP contribution in [-0.2, 0) is 4.79 Å². The van der Waals surface area contributed by atoms with E-state index in [0.29, 0.717) is 0 Å². The first-order chi connectivity index (χ1) is 5.54. The molecule has 0 unspecified atom stereocenters. The molecule has 0 aromatic carbocycles. The van der Waals surface area contributed by atoms with E-state index in [2.05, 4.69) is 0 Å². The lowest BCUT2D eigenvalue weighted by Gasteiger charge is -2.29. The third-order valence-corrected chi connectivity index (χ3v) is 2.32. The zero-order chi connectivity index (χ0) is 9.30. The quantitative estimate of drug-likeness (QED) is 0.575. The minimum atomic E-state index is 0.157. The predicted molar refractivity (Wildman–Crippen MR) is 48.6 cm³/mol. The highest BCUT2D eigenvalue weighted by molar-refractivity contribution is 5.94. The van der Waals surface area contributed by atoms with Crippen molar-refractivity contribution in [1.82, 2.24) is 9.80 Å². The Morgan fingerprint density at radius 3 is 2.50 bits per heavy atom. The molecule has 0 saturated heterocycles. The molecule has 0 aromatic heterocycles. The number of likely N-dealkylation sites (N-methyl/N-ethyl adjacent to an activating group) is 1. The fourth-order valence-corrected chi connectivity index (χ4v) is 1.53. The van der Waals surface area contributed by atoms with Crippen LogP contribution in [0.25, 0.3) is 0 Å². The molecule has 3 nitrogen and oxygen atoms in total. The van der Waals surface area contributed by atoms with Gasteiger partial charge in [0.1, 0.15) is 0 Å². The van der Waals surface area contributed by atoms with Crippen molar-refractivity contribution in [3.63, 3.8) is 0 Å². The second-order valence-electron chi connectivity index (χ2n) is 3.44. The third-order valence-electron chi connectivity index (χ3n) is 2.32. The van der Waals surface area contributed by atoms with Crippen LogP contribution >= 0.6 is 0 Å². The number of nitrogens with zero attached hydrogens (tertiary/aromatic N) is 2. The fourth-order valence-electron chi connectivity index (χ4n) is 1.53. The number of hydrogen-bond acceptors (Lipinski definition) is 2. The smallest absolute Gasteiger partial charge is 0.250 e. The maximum Gasteiger partial charge on any atom is 0.250 e. The van der Waals surface area contributed by atoms with Crippen LogP contribution in [0.2, 0.25) is 0 Å². The minimum absolute atomic E-state index is 0.157. The molecule has 1 aliphatic rings. The summed E-state index contributed by atoms with van der Waals surface area (Å²) in [5.74, 6) is 0.157. The van der Waals surface area contributed by atoms with Gasteiger partial charge in [0.25, 0.3) is 5.91 Å². The normalized spacial score (nSPS) is 18.7. The molecule has 1 rings (SSSR count). The Morgan fingerprint density at radius 2 is 2.00 bits per heavy atom. The summed E-state index contributed by atoms with van der Waals surface area (Å²) in [5.41, 5.74) is 2.05. The summed E-state index contributed by atoms with van der Waals surface area (Å²) in [4.78, 5) is 15.3. The molecule has 1 heterocycles. The van der Waals surface area contributed by atoms with Crippen LogP contribution in [0, 0.1) is 0 Å². The van der Waals surface area contributed by atoms with Gasteiger partial charge in [-0.1, -0.05) is 0 Å². The summed E-state index contributed by atoms with van der Waals surface area (Å²) >= 11 is 0. The number of hydrogen-bond donors (Lipinski definition) is 0. The van der Waals surface area contributed by atoms with Crippen molar-refractivity contribution < 1.29 is 4.79 Å². The van der Waals surface area contributed by atoms with Gasteiger partial charge in [0.15, 0.2) is 0 Å². The van der Waals surface area contributed by atoms with Crippen molar-refractivity contribution in [2.75, 3.05) is 27.7 Å². The van der Waals surface area contributed by atoms with Crippen LogP contribution in [0.1, 0.15) is 13.3 Å². The van der Waals surface area contributed by atoms with Gasteiger partial charge < -0.3 is 9.80 Å². The molecule has 68 valence electrons. The van der Waals surface area contributed by atoms with E-state index >= 15 is 0 Å². The highest BCUT2D eigenvalue weighted by atomic mass is 16.2. The zero-order valence-electron chi connectivity index (χ0n) is 8.22. The van der Waals surface area contributed by atoms with Crippen LogP contribution < -0.4 is 0 Å². The highest BCUT2D eigenvalue weighted by Gasteiger charge is 2.21. The van der Waals surface area contributed by atoms with Crippen LogP contribution in [0.4, 0.5) is 0 Å². The summed E-state index contributed by atoms with van der Waals surface area (Å²) in [6.07, 6.45) is 0.973. The molecule has 0 N–H and O–H groups in total. The topological polar surface area (TPSA) is 23.6 Å². The lowest BCUT2D eigenvalue weighted by Crippen LogP contribution is -2.36. The molecule has 3 heteroatoms. The second kappa shape index (κ2) is 3.17. The molecule has 1 amide bonds. The molecule has 0 aliphatic carbocycles. The summed E-state index contributed by atoms with van der Waals surface area (Å²) in [6, 6.07) is 0. The molecule has 0 saturated carbocycles. The predicted octanol–water partition coefficient (Wildman–Crippen LogP) is 0.684. The Morgan fingerprint density at radius 1 is 1.42 bits per heavy atom. The van der Waals surface area contributed by atoms with E-state index in [9.17, 15) is 4.79 Å².